The van der Waals surface area contributed by atoms with E-state index in [9.17, 15) is 14.7 Å². The summed E-state index contributed by atoms with van der Waals surface area (Å²) in [7, 11) is 0. The number of amides is 1. The van der Waals surface area contributed by atoms with Gasteiger partial charge in [-0.3, -0.25) is 9.59 Å². The number of aryl methyl sites for hydroxylation is 2. The van der Waals surface area contributed by atoms with Crippen LogP contribution in [-0.2, 0) is 10.2 Å². The molecule has 0 atom stereocenters. The van der Waals surface area contributed by atoms with Crippen molar-refractivity contribution >= 4 is 11.9 Å². The molecule has 130 valence electrons. The number of aliphatic carboxylic acids is 1. The van der Waals surface area contributed by atoms with Gasteiger partial charge < -0.3 is 10.0 Å². The molecule has 25 heavy (non-hydrogen) atoms. The maximum absolute atomic E-state index is 12.7. The van der Waals surface area contributed by atoms with Gasteiger partial charge in [0.2, 0.25) is 0 Å². The van der Waals surface area contributed by atoms with E-state index in [1.54, 1.807) is 24.9 Å². The van der Waals surface area contributed by atoms with Crippen LogP contribution in [0.2, 0.25) is 0 Å². The molecule has 1 fully saturated rings. The second-order valence-corrected chi connectivity index (χ2v) is 6.46. The number of hydrogen-bond acceptors (Lipinski definition) is 4. The first-order valence-corrected chi connectivity index (χ1v) is 8.32. The highest BCUT2D eigenvalue weighted by molar-refractivity contribution is 5.95. The summed E-state index contributed by atoms with van der Waals surface area (Å²) < 4.78 is 0. The predicted octanol–water partition coefficient (Wildman–Crippen LogP) is 2.35. The van der Waals surface area contributed by atoms with Gasteiger partial charge in [-0.05, 0) is 32.3 Å². The van der Waals surface area contributed by atoms with Crippen LogP contribution in [0, 0.1) is 13.8 Å². The fraction of sp³-hybridized carbons (Fsp3) is 0.368. The standard InChI is InChI=1S/C19H21N3O3/c1-13-16(12-20-14(2)21-13)17(23)22-10-8-19(9-11-22,18(24)25)15-6-4-3-5-7-15/h3-7,12H,8-11H2,1-2H3,(H,24,25). The van der Waals surface area contributed by atoms with Crippen molar-refractivity contribution < 1.29 is 14.7 Å². The molecule has 0 bridgehead atoms. The quantitative estimate of drug-likeness (QED) is 0.928. The van der Waals surface area contributed by atoms with Gasteiger partial charge >= 0.3 is 5.97 Å². The van der Waals surface area contributed by atoms with Crippen LogP contribution in [0.15, 0.2) is 36.5 Å². The lowest BCUT2D eigenvalue weighted by molar-refractivity contribution is -0.145. The minimum Gasteiger partial charge on any atom is -0.481 e. The molecule has 1 aromatic heterocycles. The van der Waals surface area contributed by atoms with Gasteiger partial charge in [-0.2, -0.15) is 0 Å². The SMILES string of the molecule is Cc1ncc(C(=O)N2CCC(C(=O)O)(c3ccccc3)CC2)c(C)n1. The summed E-state index contributed by atoms with van der Waals surface area (Å²) in [5.74, 6) is -0.341. The van der Waals surface area contributed by atoms with Crippen LogP contribution >= 0.6 is 0 Å². The molecule has 2 aromatic rings. The first-order chi connectivity index (χ1) is 11.9. The van der Waals surface area contributed by atoms with Crippen molar-refractivity contribution in [2.45, 2.75) is 32.1 Å². The number of rotatable bonds is 3. The third-order valence-electron chi connectivity index (χ3n) is 4.97. The number of benzene rings is 1. The lowest BCUT2D eigenvalue weighted by Gasteiger charge is -2.39. The van der Waals surface area contributed by atoms with Crippen molar-refractivity contribution in [3.63, 3.8) is 0 Å². The van der Waals surface area contributed by atoms with Gasteiger partial charge in [0, 0.05) is 19.3 Å². The van der Waals surface area contributed by atoms with Crippen LogP contribution in [0.1, 0.15) is 40.3 Å². The monoisotopic (exact) mass is 339 g/mol. The van der Waals surface area contributed by atoms with E-state index < -0.39 is 11.4 Å². The van der Waals surface area contributed by atoms with E-state index in [0.29, 0.717) is 43.0 Å². The molecule has 0 spiro atoms. The minimum atomic E-state index is -0.934. The highest BCUT2D eigenvalue weighted by atomic mass is 16.4. The van der Waals surface area contributed by atoms with E-state index in [4.69, 9.17) is 0 Å². The van der Waals surface area contributed by atoms with E-state index in [2.05, 4.69) is 9.97 Å². The Kier molecular flexibility index (Phi) is 4.53. The van der Waals surface area contributed by atoms with Gasteiger partial charge in [-0.25, -0.2) is 9.97 Å². The second kappa shape index (κ2) is 6.63. The number of carbonyl (C=O) groups is 2. The van der Waals surface area contributed by atoms with E-state index in [1.807, 2.05) is 30.3 Å². The molecular formula is C19H21N3O3. The third-order valence-corrected chi connectivity index (χ3v) is 4.97. The Morgan fingerprint density at radius 1 is 1.12 bits per heavy atom. The molecule has 3 rings (SSSR count). The molecule has 1 saturated heterocycles. The average molecular weight is 339 g/mol. The molecule has 6 heteroatoms. The molecule has 1 aliphatic heterocycles. The third kappa shape index (κ3) is 3.12. The van der Waals surface area contributed by atoms with Crippen molar-refractivity contribution in [1.29, 1.82) is 0 Å². The minimum absolute atomic E-state index is 0.135. The molecule has 1 amide bonds. The number of aromatic nitrogens is 2. The number of carboxylic acid groups (broad SMARTS) is 1. The number of carboxylic acids is 1. The summed E-state index contributed by atoms with van der Waals surface area (Å²) in [5, 5.41) is 9.84. The summed E-state index contributed by atoms with van der Waals surface area (Å²) >= 11 is 0. The fourth-order valence-electron chi connectivity index (χ4n) is 3.44. The van der Waals surface area contributed by atoms with E-state index in [1.165, 1.54) is 0 Å². The Morgan fingerprint density at radius 3 is 2.32 bits per heavy atom. The molecule has 0 radical (unpaired) electrons. The van der Waals surface area contributed by atoms with Gasteiger partial charge in [0.25, 0.3) is 5.91 Å². The number of nitrogens with zero attached hydrogens (tertiary/aromatic N) is 3. The van der Waals surface area contributed by atoms with Crippen molar-refractivity contribution in [3.8, 4) is 0 Å². The lowest BCUT2D eigenvalue weighted by Crippen LogP contribution is -2.49. The van der Waals surface area contributed by atoms with E-state index >= 15 is 0 Å². The van der Waals surface area contributed by atoms with Crippen LogP contribution < -0.4 is 0 Å². The molecule has 0 unspecified atom stereocenters. The molecular weight excluding hydrogens is 318 g/mol. The average Bonchev–Trinajstić information content (AvgIpc) is 2.62. The Bertz CT molecular complexity index is 797. The number of carbonyl (C=O) groups excluding carboxylic acids is 1. The Labute approximate surface area is 146 Å². The summed E-state index contributed by atoms with van der Waals surface area (Å²) in [4.78, 5) is 34.8. The van der Waals surface area contributed by atoms with Crippen LogP contribution in [0.5, 0.6) is 0 Å². The Morgan fingerprint density at radius 2 is 1.76 bits per heavy atom. The Hall–Kier alpha value is -2.76. The zero-order chi connectivity index (χ0) is 18.0. The van der Waals surface area contributed by atoms with Gasteiger partial charge in [0.1, 0.15) is 5.82 Å². The largest absolute Gasteiger partial charge is 0.481 e. The highest BCUT2D eigenvalue weighted by Gasteiger charge is 2.44. The molecule has 1 N–H and O–H groups in total. The van der Waals surface area contributed by atoms with Gasteiger partial charge in [-0.15, -0.1) is 0 Å². The van der Waals surface area contributed by atoms with Crippen molar-refractivity contribution in [1.82, 2.24) is 14.9 Å². The number of piperidine rings is 1. The molecule has 1 aromatic carbocycles. The molecule has 0 saturated carbocycles. The van der Waals surface area contributed by atoms with E-state index in [0.717, 1.165) is 5.56 Å². The zero-order valence-corrected chi connectivity index (χ0v) is 14.4. The molecule has 1 aliphatic rings. The highest BCUT2D eigenvalue weighted by Crippen LogP contribution is 2.36. The van der Waals surface area contributed by atoms with Crippen LogP contribution in [0.4, 0.5) is 0 Å². The van der Waals surface area contributed by atoms with Crippen molar-refractivity contribution in [2.24, 2.45) is 0 Å². The second-order valence-electron chi connectivity index (χ2n) is 6.46. The van der Waals surface area contributed by atoms with Crippen LogP contribution in [0.25, 0.3) is 0 Å². The van der Waals surface area contributed by atoms with Gasteiger partial charge in [0.15, 0.2) is 0 Å². The summed E-state index contributed by atoms with van der Waals surface area (Å²) in [5.41, 5.74) is 0.991. The molecule has 0 aliphatic carbocycles. The molecule has 6 nitrogen and oxygen atoms in total. The van der Waals surface area contributed by atoms with Crippen LogP contribution in [-0.4, -0.2) is 44.9 Å². The fourth-order valence-corrected chi connectivity index (χ4v) is 3.44. The van der Waals surface area contributed by atoms with Crippen molar-refractivity contribution in [3.05, 3.63) is 59.2 Å². The topological polar surface area (TPSA) is 83.4 Å². The van der Waals surface area contributed by atoms with E-state index in [-0.39, 0.29) is 5.91 Å². The smallest absolute Gasteiger partial charge is 0.314 e. The van der Waals surface area contributed by atoms with Crippen molar-refractivity contribution in [2.75, 3.05) is 13.1 Å². The summed E-state index contributed by atoms with van der Waals surface area (Å²) in [6.45, 7) is 4.36. The maximum Gasteiger partial charge on any atom is 0.314 e. The number of likely N-dealkylation sites (tertiary alicyclic amines) is 1. The first kappa shape index (κ1) is 17.1. The first-order valence-electron chi connectivity index (χ1n) is 8.32. The van der Waals surface area contributed by atoms with Gasteiger partial charge in [0.05, 0.1) is 16.7 Å². The zero-order valence-electron chi connectivity index (χ0n) is 14.4. The normalized spacial score (nSPS) is 16.5. The Balaban J connectivity index is 1.80. The summed E-state index contributed by atoms with van der Waals surface area (Å²) in [6, 6.07) is 9.28. The maximum atomic E-state index is 12.7. The predicted molar refractivity (Wildman–Crippen MR) is 92.4 cm³/mol. The summed E-state index contributed by atoms with van der Waals surface area (Å²) in [6.07, 6.45) is 2.34. The molecule has 2 heterocycles. The lowest BCUT2D eigenvalue weighted by atomic mass is 9.73. The van der Waals surface area contributed by atoms with Gasteiger partial charge in [-0.1, -0.05) is 30.3 Å². The van der Waals surface area contributed by atoms with Crippen LogP contribution in [0.3, 0.4) is 0 Å². The number of hydrogen-bond donors (Lipinski definition) is 1.